The standard InChI is InChI=1S/C21H24N2O2/c1-2-22-12-8-17(15-19(22)24)20(25)23-13-10-21(11-14-23)9-7-16-5-3-4-6-18(16)21/h3-6,8,12,15H,2,7,9-11,13-14H2,1H3. The largest absolute Gasteiger partial charge is 0.339 e. The number of carbonyl (C=O) groups is 1. The Morgan fingerprint density at radius 3 is 2.60 bits per heavy atom. The molecule has 1 aliphatic heterocycles. The van der Waals surface area contributed by atoms with E-state index in [1.165, 1.54) is 23.6 Å². The molecule has 1 amide bonds. The number of piperidine rings is 1. The van der Waals surface area contributed by atoms with Gasteiger partial charge in [-0.1, -0.05) is 24.3 Å². The molecule has 0 N–H and O–H groups in total. The summed E-state index contributed by atoms with van der Waals surface area (Å²) in [6, 6.07) is 12.0. The topological polar surface area (TPSA) is 42.3 Å². The lowest BCUT2D eigenvalue weighted by molar-refractivity contribution is 0.0665. The van der Waals surface area contributed by atoms with Gasteiger partial charge < -0.3 is 9.47 Å². The number of hydrogen-bond donors (Lipinski definition) is 0. The highest BCUT2D eigenvalue weighted by Crippen LogP contribution is 2.46. The van der Waals surface area contributed by atoms with Gasteiger partial charge in [0, 0.05) is 37.5 Å². The second-order valence-electron chi connectivity index (χ2n) is 7.27. The van der Waals surface area contributed by atoms with Crippen molar-refractivity contribution in [2.75, 3.05) is 13.1 Å². The van der Waals surface area contributed by atoms with E-state index in [4.69, 9.17) is 0 Å². The number of amides is 1. The SMILES string of the molecule is CCn1ccc(C(=O)N2CCC3(CCc4ccccc43)CC2)cc1=O. The average molecular weight is 336 g/mol. The van der Waals surface area contributed by atoms with Crippen LogP contribution in [0.2, 0.25) is 0 Å². The summed E-state index contributed by atoms with van der Waals surface area (Å²) < 4.78 is 1.61. The third-order valence-corrected chi connectivity index (χ3v) is 6.05. The summed E-state index contributed by atoms with van der Waals surface area (Å²) >= 11 is 0. The number of likely N-dealkylation sites (tertiary alicyclic amines) is 1. The van der Waals surface area contributed by atoms with Gasteiger partial charge >= 0.3 is 0 Å². The number of rotatable bonds is 2. The quantitative estimate of drug-likeness (QED) is 0.846. The fourth-order valence-corrected chi connectivity index (χ4v) is 4.51. The molecule has 1 spiro atoms. The molecule has 2 aliphatic rings. The Balaban J connectivity index is 1.50. The summed E-state index contributed by atoms with van der Waals surface area (Å²) in [6.45, 7) is 4.08. The Bertz CT molecular complexity index is 860. The normalized spacial score (nSPS) is 18.4. The monoisotopic (exact) mass is 336 g/mol. The van der Waals surface area contributed by atoms with Crippen molar-refractivity contribution in [3.05, 3.63) is 69.6 Å². The van der Waals surface area contributed by atoms with E-state index in [0.717, 1.165) is 32.4 Å². The van der Waals surface area contributed by atoms with E-state index in [1.807, 2.05) is 11.8 Å². The summed E-state index contributed by atoms with van der Waals surface area (Å²) in [5.74, 6) is -0.0125. The zero-order chi connectivity index (χ0) is 17.4. The zero-order valence-electron chi connectivity index (χ0n) is 14.7. The van der Waals surface area contributed by atoms with Gasteiger partial charge in [-0.3, -0.25) is 9.59 Å². The molecule has 0 saturated carbocycles. The Morgan fingerprint density at radius 1 is 1.12 bits per heavy atom. The van der Waals surface area contributed by atoms with Crippen molar-refractivity contribution in [2.45, 2.75) is 44.6 Å². The minimum Gasteiger partial charge on any atom is -0.339 e. The van der Waals surface area contributed by atoms with E-state index in [2.05, 4.69) is 24.3 Å². The van der Waals surface area contributed by atoms with E-state index >= 15 is 0 Å². The molecule has 0 atom stereocenters. The molecule has 4 nitrogen and oxygen atoms in total. The van der Waals surface area contributed by atoms with E-state index < -0.39 is 0 Å². The van der Waals surface area contributed by atoms with Gasteiger partial charge in [0.25, 0.3) is 11.5 Å². The molecule has 2 aromatic rings. The first-order chi connectivity index (χ1) is 12.1. The Kier molecular flexibility index (Phi) is 3.98. The van der Waals surface area contributed by atoms with Crippen molar-refractivity contribution in [3.63, 3.8) is 0 Å². The lowest BCUT2D eigenvalue weighted by Crippen LogP contribution is -2.44. The lowest BCUT2D eigenvalue weighted by Gasteiger charge is -2.40. The van der Waals surface area contributed by atoms with E-state index in [0.29, 0.717) is 12.1 Å². The van der Waals surface area contributed by atoms with Gasteiger partial charge in [0.05, 0.1) is 0 Å². The molecular weight excluding hydrogens is 312 g/mol. The Labute approximate surface area is 148 Å². The molecule has 4 heteroatoms. The number of nitrogens with zero attached hydrogens (tertiary/aromatic N) is 2. The molecular formula is C21H24N2O2. The summed E-state index contributed by atoms with van der Waals surface area (Å²) in [6.07, 6.45) is 6.10. The van der Waals surface area contributed by atoms with Crippen LogP contribution in [0, 0.1) is 0 Å². The average Bonchev–Trinajstić information content (AvgIpc) is 3.00. The van der Waals surface area contributed by atoms with Gasteiger partial charge in [-0.15, -0.1) is 0 Å². The molecule has 4 rings (SSSR count). The highest BCUT2D eigenvalue weighted by Gasteiger charge is 2.41. The van der Waals surface area contributed by atoms with Crippen LogP contribution in [0.4, 0.5) is 0 Å². The molecule has 25 heavy (non-hydrogen) atoms. The van der Waals surface area contributed by atoms with Crippen LogP contribution >= 0.6 is 0 Å². The van der Waals surface area contributed by atoms with Gasteiger partial charge in [-0.2, -0.15) is 0 Å². The number of pyridine rings is 1. The van der Waals surface area contributed by atoms with Crippen molar-refractivity contribution in [3.8, 4) is 0 Å². The van der Waals surface area contributed by atoms with E-state index in [9.17, 15) is 9.59 Å². The molecule has 1 fully saturated rings. The van der Waals surface area contributed by atoms with E-state index in [1.54, 1.807) is 16.8 Å². The van der Waals surface area contributed by atoms with Crippen LogP contribution in [0.25, 0.3) is 0 Å². The molecule has 1 aromatic carbocycles. The van der Waals surface area contributed by atoms with Crippen LogP contribution in [-0.2, 0) is 18.4 Å². The Morgan fingerprint density at radius 2 is 1.88 bits per heavy atom. The first-order valence-electron chi connectivity index (χ1n) is 9.21. The van der Waals surface area contributed by atoms with Crippen molar-refractivity contribution < 1.29 is 4.79 Å². The summed E-state index contributed by atoms with van der Waals surface area (Å²) in [7, 11) is 0. The molecule has 1 aromatic heterocycles. The van der Waals surface area contributed by atoms with Crippen LogP contribution in [-0.4, -0.2) is 28.5 Å². The number of hydrogen-bond acceptors (Lipinski definition) is 2. The number of carbonyl (C=O) groups excluding carboxylic acids is 1. The first-order valence-corrected chi connectivity index (χ1v) is 9.21. The lowest BCUT2D eigenvalue weighted by atomic mass is 9.74. The number of fused-ring (bicyclic) bond motifs is 2. The van der Waals surface area contributed by atoms with Gasteiger partial charge in [0.1, 0.15) is 0 Å². The van der Waals surface area contributed by atoms with Crippen molar-refractivity contribution in [2.24, 2.45) is 0 Å². The summed E-state index contributed by atoms with van der Waals surface area (Å²) in [5.41, 5.74) is 3.63. The fraction of sp³-hybridized carbons (Fsp3) is 0.429. The first kappa shape index (κ1) is 16.1. The molecule has 0 unspecified atom stereocenters. The molecule has 2 heterocycles. The second-order valence-corrected chi connectivity index (χ2v) is 7.27. The third kappa shape index (κ3) is 2.70. The maximum absolute atomic E-state index is 12.8. The number of benzene rings is 1. The maximum Gasteiger partial charge on any atom is 0.254 e. The number of aryl methyl sites for hydroxylation is 2. The van der Waals surface area contributed by atoms with Crippen LogP contribution in [0.3, 0.4) is 0 Å². The van der Waals surface area contributed by atoms with Crippen LogP contribution in [0.5, 0.6) is 0 Å². The molecule has 130 valence electrons. The molecule has 1 saturated heterocycles. The van der Waals surface area contributed by atoms with Crippen molar-refractivity contribution in [1.82, 2.24) is 9.47 Å². The highest BCUT2D eigenvalue weighted by atomic mass is 16.2. The molecule has 1 aliphatic carbocycles. The minimum absolute atomic E-state index is 0.0125. The van der Waals surface area contributed by atoms with E-state index in [-0.39, 0.29) is 16.9 Å². The van der Waals surface area contributed by atoms with Gasteiger partial charge in [0.2, 0.25) is 0 Å². The smallest absolute Gasteiger partial charge is 0.254 e. The van der Waals surface area contributed by atoms with Gasteiger partial charge in [-0.25, -0.2) is 0 Å². The molecule has 0 bridgehead atoms. The number of aromatic nitrogens is 1. The minimum atomic E-state index is -0.105. The van der Waals surface area contributed by atoms with Gasteiger partial charge in [0.15, 0.2) is 0 Å². The predicted octanol–water partition coefficient (Wildman–Crippen LogP) is 2.99. The molecule has 0 radical (unpaired) electrons. The van der Waals surface area contributed by atoms with Crippen molar-refractivity contribution >= 4 is 5.91 Å². The van der Waals surface area contributed by atoms with Crippen molar-refractivity contribution in [1.29, 1.82) is 0 Å². The fourth-order valence-electron chi connectivity index (χ4n) is 4.51. The highest BCUT2D eigenvalue weighted by molar-refractivity contribution is 5.94. The van der Waals surface area contributed by atoms with Gasteiger partial charge in [-0.05, 0) is 55.2 Å². The van der Waals surface area contributed by atoms with Crippen LogP contribution in [0.15, 0.2) is 47.4 Å². The zero-order valence-corrected chi connectivity index (χ0v) is 14.7. The third-order valence-electron chi connectivity index (χ3n) is 6.05. The summed E-state index contributed by atoms with van der Waals surface area (Å²) in [5, 5.41) is 0. The van der Waals surface area contributed by atoms with Crippen LogP contribution in [0.1, 0.15) is 47.7 Å². The summed E-state index contributed by atoms with van der Waals surface area (Å²) in [4.78, 5) is 26.7. The predicted molar refractivity (Wildman–Crippen MR) is 98.0 cm³/mol. The van der Waals surface area contributed by atoms with Crippen LogP contribution < -0.4 is 5.56 Å². The second kappa shape index (κ2) is 6.17. The Hall–Kier alpha value is -2.36. The maximum atomic E-state index is 12.8.